The molecule has 0 saturated carbocycles. The van der Waals surface area contributed by atoms with Crippen LogP contribution in [0.4, 0.5) is 23.2 Å². The molecule has 2 amide bonds. The smallest absolute Gasteiger partial charge is 0.298 e. The fourth-order valence-corrected chi connectivity index (χ4v) is 11.4. The first-order chi connectivity index (χ1) is 38.3. The molecule has 0 aromatic heterocycles. The van der Waals surface area contributed by atoms with Gasteiger partial charge in [-0.15, -0.1) is 0 Å². The summed E-state index contributed by atoms with van der Waals surface area (Å²) < 4.78 is 75.7. The van der Waals surface area contributed by atoms with Gasteiger partial charge >= 0.3 is 0 Å². The molecule has 0 spiro atoms. The number of aryl methyl sites for hydroxylation is 1. The largest absolute Gasteiger partial charge is 0.487 e. The molecule has 79 heavy (non-hydrogen) atoms. The number of carbonyl (C=O) groups is 2. The minimum absolute atomic E-state index is 0.0140. The molecule has 0 aliphatic carbocycles. The Morgan fingerprint density at radius 3 is 1.51 bits per heavy atom. The lowest BCUT2D eigenvalue weighted by atomic mass is 9.94. The highest BCUT2D eigenvalue weighted by Crippen LogP contribution is 2.39. The van der Waals surface area contributed by atoms with Crippen molar-refractivity contribution in [3.05, 3.63) is 195 Å². The van der Waals surface area contributed by atoms with Gasteiger partial charge in [0.1, 0.15) is 12.2 Å². The Morgan fingerprint density at radius 1 is 0.557 bits per heavy atom. The average Bonchev–Trinajstić information content (AvgIpc) is 3.47. The summed E-state index contributed by atoms with van der Waals surface area (Å²) in [6, 6.07) is 40.5. The minimum Gasteiger partial charge on any atom is -0.487 e. The first kappa shape index (κ1) is 55.1. The van der Waals surface area contributed by atoms with E-state index >= 15 is 17.6 Å². The lowest BCUT2D eigenvalue weighted by Crippen LogP contribution is -2.44. The van der Waals surface area contributed by atoms with Gasteiger partial charge in [0.25, 0.3) is 17.7 Å². The Hall–Kier alpha value is -7.25. The molecular weight excluding hydrogens is 1010 g/mol. The molecule has 4 fully saturated rings. The molecule has 0 unspecified atom stereocenters. The fourth-order valence-electron chi connectivity index (χ4n) is 11.4. The Morgan fingerprint density at radius 2 is 1.01 bits per heavy atom. The van der Waals surface area contributed by atoms with Gasteiger partial charge in [0, 0.05) is 125 Å². The van der Waals surface area contributed by atoms with Gasteiger partial charge in [0.05, 0.1) is 11.6 Å². The van der Waals surface area contributed by atoms with Crippen LogP contribution in [0.25, 0.3) is 0 Å². The summed E-state index contributed by atoms with van der Waals surface area (Å²) in [5, 5.41) is 15.2. The maximum atomic E-state index is 16.4. The predicted octanol–water partition coefficient (Wildman–Crippen LogP) is 11.2. The summed E-state index contributed by atoms with van der Waals surface area (Å²) >= 11 is 0. The van der Waals surface area contributed by atoms with E-state index in [0.29, 0.717) is 69.5 Å². The minimum atomic E-state index is -3.24. The SMILES string of the molecule is Cc1ccc(CN2CCC(Oc3ccc(C(=O)NC4CCN(Cc5ccccc5)CC4)cc3F)CC2)cc1C(F)(F)c1ccc(N2CCC(Oc3ccc(C(=O)NC4CCN(Cc5ccc(C#N)cc5)CC4)cc3F)CC2)cc1. The Balaban J connectivity index is 0.643. The number of alkyl halides is 2. The summed E-state index contributed by atoms with van der Waals surface area (Å²) in [5.41, 5.74) is 5.49. The molecular formula is C64H69F4N7O4. The van der Waals surface area contributed by atoms with E-state index in [2.05, 4.69) is 48.4 Å². The van der Waals surface area contributed by atoms with Crippen molar-refractivity contribution >= 4 is 17.5 Å². The third-order valence-electron chi connectivity index (χ3n) is 16.2. The van der Waals surface area contributed by atoms with Crippen LogP contribution in [0.2, 0.25) is 0 Å². The molecule has 4 aliphatic rings. The number of amides is 2. The van der Waals surface area contributed by atoms with Gasteiger partial charge in [0.2, 0.25) is 0 Å². The third kappa shape index (κ3) is 14.1. The van der Waals surface area contributed by atoms with Crippen molar-refractivity contribution in [1.82, 2.24) is 25.3 Å². The Kier molecular flexibility index (Phi) is 17.6. The molecule has 4 heterocycles. The monoisotopic (exact) mass is 1080 g/mol. The van der Waals surface area contributed by atoms with Crippen molar-refractivity contribution in [2.24, 2.45) is 0 Å². The number of nitrogens with zero attached hydrogens (tertiary/aromatic N) is 5. The van der Waals surface area contributed by atoms with Crippen LogP contribution in [0.3, 0.4) is 0 Å². The second-order valence-corrected chi connectivity index (χ2v) is 21.8. The van der Waals surface area contributed by atoms with Crippen LogP contribution < -0.4 is 25.0 Å². The van der Waals surface area contributed by atoms with Gasteiger partial charge < -0.3 is 25.0 Å². The summed E-state index contributed by atoms with van der Waals surface area (Å²) in [4.78, 5) is 35.2. The molecule has 11 nitrogen and oxygen atoms in total. The number of rotatable bonds is 17. The molecule has 6 aromatic carbocycles. The van der Waals surface area contributed by atoms with E-state index in [1.165, 1.54) is 42.0 Å². The van der Waals surface area contributed by atoms with Crippen LogP contribution in [0, 0.1) is 29.9 Å². The molecule has 0 radical (unpaired) electrons. The molecule has 4 aliphatic heterocycles. The zero-order chi connectivity index (χ0) is 54.9. The van der Waals surface area contributed by atoms with Gasteiger partial charge in [-0.1, -0.05) is 66.7 Å². The summed E-state index contributed by atoms with van der Waals surface area (Å²) in [6.45, 7) is 9.73. The van der Waals surface area contributed by atoms with Gasteiger partial charge in [-0.25, -0.2) is 8.78 Å². The van der Waals surface area contributed by atoms with Crippen LogP contribution in [-0.2, 0) is 25.6 Å². The highest BCUT2D eigenvalue weighted by atomic mass is 19.3. The van der Waals surface area contributed by atoms with Crippen molar-refractivity contribution in [2.45, 2.75) is 108 Å². The molecule has 6 aromatic rings. The van der Waals surface area contributed by atoms with Crippen LogP contribution in [0.5, 0.6) is 11.5 Å². The number of hydrogen-bond acceptors (Lipinski definition) is 9. The van der Waals surface area contributed by atoms with Gasteiger partial charge in [-0.3, -0.25) is 24.3 Å². The quantitative estimate of drug-likeness (QED) is 0.0862. The van der Waals surface area contributed by atoms with E-state index in [1.807, 2.05) is 48.5 Å². The topological polar surface area (TPSA) is 113 Å². The van der Waals surface area contributed by atoms with Crippen molar-refractivity contribution in [3.8, 4) is 17.6 Å². The molecule has 412 valence electrons. The molecule has 2 N–H and O–H groups in total. The van der Waals surface area contributed by atoms with Gasteiger partial charge in [-0.2, -0.15) is 14.0 Å². The number of likely N-dealkylation sites (tertiary alicyclic amines) is 3. The van der Waals surface area contributed by atoms with Crippen LogP contribution >= 0.6 is 0 Å². The van der Waals surface area contributed by atoms with E-state index in [4.69, 9.17) is 14.7 Å². The molecule has 0 atom stereocenters. The molecule has 15 heteroatoms. The number of nitrogens with one attached hydrogen (secondary N) is 2. The lowest BCUT2D eigenvalue weighted by Gasteiger charge is -2.34. The number of carbonyl (C=O) groups excluding carboxylic acids is 2. The van der Waals surface area contributed by atoms with Crippen molar-refractivity contribution in [3.63, 3.8) is 0 Å². The van der Waals surface area contributed by atoms with E-state index in [9.17, 15) is 9.59 Å². The van der Waals surface area contributed by atoms with Crippen LogP contribution in [0.1, 0.15) is 111 Å². The first-order valence-electron chi connectivity index (χ1n) is 27.9. The molecule has 10 rings (SSSR count). The van der Waals surface area contributed by atoms with Gasteiger partial charge in [-0.05, 0) is 134 Å². The number of anilines is 1. The maximum absolute atomic E-state index is 16.4. The number of ether oxygens (including phenoxy) is 2. The lowest BCUT2D eigenvalue weighted by molar-refractivity contribution is 0.0419. The van der Waals surface area contributed by atoms with E-state index < -0.39 is 17.6 Å². The van der Waals surface area contributed by atoms with Crippen LogP contribution in [0.15, 0.2) is 133 Å². The number of benzene rings is 6. The summed E-state index contributed by atoms with van der Waals surface area (Å²) in [5.74, 6) is -4.83. The normalized spacial score (nSPS) is 17.7. The van der Waals surface area contributed by atoms with Gasteiger partial charge in [0.15, 0.2) is 23.1 Å². The third-order valence-corrected chi connectivity index (χ3v) is 16.2. The second kappa shape index (κ2) is 25.3. The van der Waals surface area contributed by atoms with E-state index in [1.54, 1.807) is 43.3 Å². The Bertz CT molecular complexity index is 3070. The van der Waals surface area contributed by atoms with E-state index in [-0.39, 0.29) is 69.9 Å². The van der Waals surface area contributed by atoms with Crippen molar-refractivity contribution in [2.75, 3.05) is 57.3 Å². The highest BCUT2D eigenvalue weighted by Gasteiger charge is 2.36. The maximum Gasteiger partial charge on any atom is 0.298 e. The summed E-state index contributed by atoms with van der Waals surface area (Å²) in [6.07, 6.45) is 5.22. The number of nitriles is 1. The fraction of sp³-hybridized carbons (Fsp3) is 0.391. The molecule has 4 saturated heterocycles. The van der Waals surface area contributed by atoms with Crippen molar-refractivity contribution < 1.29 is 36.6 Å². The summed E-state index contributed by atoms with van der Waals surface area (Å²) in [7, 11) is 0. The zero-order valence-electron chi connectivity index (χ0n) is 44.8. The average molecular weight is 1080 g/mol. The zero-order valence-corrected chi connectivity index (χ0v) is 44.8. The molecule has 0 bridgehead atoms. The predicted molar refractivity (Wildman–Crippen MR) is 297 cm³/mol. The standard InChI is InChI=1S/C64H69F4N7O4/c1-44-7-8-48(43-74-33-25-55(26-34-74)78-60-19-13-49(38-58(60)65)62(76)70-52-21-29-72(30-22-52)41-46-5-3-2-4-6-46)37-57(44)64(67,68)51-15-17-54(18-16-51)75-35-27-56(28-36-75)79-61-20-14-50(39-59(61)66)63(77)71-53-23-31-73(32-24-53)42-47-11-9-45(40-69)10-12-47/h2-20,37-39,52-53,55-56H,21-36,41-43H2,1H3,(H,70,76)(H,71,77). The van der Waals surface area contributed by atoms with Crippen LogP contribution in [-0.4, -0.2) is 103 Å². The number of piperidine rings is 4. The Labute approximate surface area is 461 Å². The number of hydrogen-bond donors (Lipinski definition) is 2. The van der Waals surface area contributed by atoms with E-state index in [0.717, 1.165) is 81.8 Å². The number of halogens is 4. The van der Waals surface area contributed by atoms with Crippen molar-refractivity contribution in [1.29, 1.82) is 5.26 Å². The second-order valence-electron chi connectivity index (χ2n) is 21.8. The first-order valence-corrected chi connectivity index (χ1v) is 27.9. The highest BCUT2D eigenvalue weighted by molar-refractivity contribution is 5.95.